The first-order valence-corrected chi connectivity index (χ1v) is 7.13. The molecule has 6 nitrogen and oxygen atoms in total. The van der Waals surface area contributed by atoms with Gasteiger partial charge in [-0.2, -0.15) is 13.2 Å². The van der Waals surface area contributed by atoms with Crippen molar-refractivity contribution in [3.05, 3.63) is 63.7 Å². The highest BCUT2D eigenvalue weighted by Crippen LogP contribution is 2.30. The van der Waals surface area contributed by atoms with Crippen molar-refractivity contribution in [3.8, 4) is 0 Å². The summed E-state index contributed by atoms with van der Waals surface area (Å²) >= 11 is 0. The SMILES string of the molecule is Cc1ccc(NC(=O)CNc2cccc(C(F)(F)F)c2)cc1[N+](=O)[O-]. The number of nitrogens with one attached hydrogen (secondary N) is 2. The highest BCUT2D eigenvalue weighted by molar-refractivity contribution is 5.94. The number of hydrogen-bond donors (Lipinski definition) is 2. The molecule has 0 heterocycles. The van der Waals surface area contributed by atoms with E-state index in [0.29, 0.717) is 5.56 Å². The number of amides is 1. The van der Waals surface area contributed by atoms with Gasteiger partial charge in [0.05, 0.1) is 17.0 Å². The predicted octanol–water partition coefficient (Wildman–Crippen LogP) is 3.97. The second-order valence-electron chi connectivity index (χ2n) is 5.24. The van der Waals surface area contributed by atoms with Crippen LogP contribution >= 0.6 is 0 Å². The van der Waals surface area contributed by atoms with E-state index in [4.69, 9.17) is 0 Å². The molecule has 0 aliphatic rings. The van der Waals surface area contributed by atoms with Crippen LogP contribution in [0, 0.1) is 17.0 Å². The molecule has 0 aliphatic heterocycles. The Labute approximate surface area is 140 Å². The summed E-state index contributed by atoms with van der Waals surface area (Å²) in [5.41, 5.74) is -0.145. The third-order valence-corrected chi connectivity index (χ3v) is 3.33. The molecule has 0 atom stereocenters. The van der Waals surface area contributed by atoms with Crippen LogP contribution in [0.3, 0.4) is 0 Å². The summed E-state index contributed by atoms with van der Waals surface area (Å²) in [5, 5.41) is 15.9. The van der Waals surface area contributed by atoms with E-state index in [0.717, 1.165) is 12.1 Å². The van der Waals surface area contributed by atoms with Crippen molar-refractivity contribution in [2.45, 2.75) is 13.1 Å². The number of anilines is 2. The Morgan fingerprint density at radius 3 is 2.52 bits per heavy atom. The topological polar surface area (TPSA) is 84.3 Å². The fourth-order valence-corrected chi connectivity index (χ4v) is 2.08. The fraction of sp³-hybridized carbons (Fsp3) is 0.188. The maximum Gasteiger partial charge on any atom is 0.416 e. The lowest BCUT2D eigenvalue weighted by atomic mass is 10.2. The number of carbonyl (C=O) groups is 1. The van der Waals surface area contributed by atoms with Gasteiger partial charge in [0, 0.05) is 23.0 Å². The lowest BCUT2D eigenvalue weighted by molar-refractivity contribution is -0.385. The van der Waals surface area contributed by atoms with Gasteiger partial charge in [0.2, 0.25) is 5.91 Å². The number of aryl methyl sites for hydroxylation is 1. The third kappa shape index (κ3) is 4.93. The monoisotopic (exact) mass is 353 g/mol. The van der Waals surface area contributed by atoms with E-state index in [1.807, 2.05) is 0 Å². The van der Waals surface area contributed by atoms with Crippen molar-refractivity contribution in [1.29, 1.82) is 0 Å². The minimum Gasteiger partial charge on any atom is -0.376 e. The number of hydrogen-bond acceptors (Lipinski definition) is 4. The molecule has 132 valence electrons. The Bertz CT molecular complexity index is 807. The predicted molar refractivity (Wildman–Crippen MR) is 86.4 cm³/mol. The van der Waals surface area contributed by atoms with Crippen molar-refractivity contribution in [1.82, 2.24) is 0 Å². The molecule has 0 unspecified atom stereocenters. The van der Waals surface area contributed by atoms with Gasteiger partial charge >= 0.3 is 6.18 Å². The Balaban J connectivity index is 2.00. The molecular formula is C16H14F3N3O3. The van der Waals surface area contributed by atoms with Gasteiger partial charge in [0.15, 0.2) is 0 Å². The van der Waals surface area contributed by atoms with E-state index in [-0.39, 0.29) is 23.6 Å². The lowest BCUT2D eigenvalue weighted by Crippen LogP contribution is -2.22. The van der Waals surface area contributed by atoms with Gasteiger partial charge in [-0.3, -0.25) is 14.9 Å². The summed E-state index contributed by atoms with van der Waals surface area (Å²) in [6.45, 7) is 1.28. The van der Waals surface area contributed by atoms with Crippen LogP contribution in [0.1, 0.15) is 11.1 Å². The van der Waals surface area contributed by atoms with E-state index < -0.39 is 22.6 Å². The van der Waals surface area contributed by atoms with Gasteiger partial charge in [-0.05, 0) is 31.2 Å². The Hall–Kier alpha value is -3.10. The summed E-state index contributed by atoms with van der Waals surface area (Å²) in [6.07, 6.45) is -4.47. The molecule has 0 aromatic heterocycles. The van der Waals surface area contributed by atoms with Gasteiger partial charge in [-0.1, -0.05) is 12.1 Å². The molecule has 0 saturated carbocycles. The molecule has 0 spiro atoms. The first kappa shape index (κ1) is 18.2. The van der Waals surface area contributed by atoms with Crippen LogP contribution in [0.15, 0.2) is 42.5 Å². The Morgan fingerprint density at radius 1 is 1.16 bits per heavy atom. The Morgan fingerprint density at radius 2 is 1.88 bits per heavy atom. The van der Waals surface area contributed by atoms with Crippen LogP contribution in [0.25, 0.3) is 0 Å². The summed E-state index contributed by atoms with van der Waals surface area (Å²) in [6, 6.07) is 8.67. The van der Waals surface area contributed by atoms with Crippen molar-refractivity contribution in [2.75, 3.05) is 17.2 Å². The van der Waals surface area contributed by atoms with Crippen LogP contribution in [0.2, 0.25) is 0 Å². The van der Waals surface area contributed by atoms with Crippen molar-refractivity contribution >= 4 is 23.0 Å². The summed E-state index contributed by atoms with van der Waals surface area (Å²) in [5.74, 6) is -0.546. The van der Waals surface area contributed by atoms with E-state index in [9.17, 15) is 28.1 Å². The number of benzene rings is 2. The second-order valence-corrected chi connectivity index (χ2v) is 5.24. The van der Waals surface area contributed by atoms with E-state index in [2.05, 4.69) is 10.6 Å². The molecule has 9 heteroatoms. The average Bonchev–Trinajstić information content (AvgIpc) is 2.54. The lowest BCUT2D eigenvalue weighted by Gasteiger charge is -2.11. The van der Waals surface area contributed by atoms with Gasteiger partial charge < -0.3 is 10.6 Å². The largest absolute Gasteiger partial charge is 0.416 e. The fourth-order valence-electron chi connectivity index (χ4n) is 2.08. The van der Waals surface area contributed by atoms with E-state index in [1.54, 1.807) is 6.92 Å². The van der Waals surface area contributed by atoms with Crippen LogP contribution < -0.4 is 10.6 Å². The summed E-state index contributed by atoms with van der Waals surface area (Å²) in [7, 11) is 0. The quantitative estimate of drug-likeness (QED) is 0.629. The highest BCUT2D eigenvalue weighted by atomic mass is 19.4. The molecule has 2 rings (SSSR count). The van der Waals surface area contributed by atoms with Crippen LogP contribution in [-0.2, 0) is 11.0 Å². The first-order valence-electron chi connectivity index (χ1n) is 7.13. The van der Waals surface area contributed by atoms with Crippen LogP contribution in [0.5, 0.6) is 0 Å². The number of carbonyl (C=O) groups excluding carboxylic acids is 1. The highest BCUT2D eigenvalue weighted by Gasteiger charge is 2.30. The molecule has 2 N–H and O–H groups in total. The molecule has 0 fully saturated rings. The molecular weight excluding hydrogens is 339 g/mol. The normalized spacial score (nSPS) is 11.0. The van der Waals surface area contributed by atoms with Crippen molar-refractivity contribution < 1.29 is 22.9 Å². The summed E-state index contributed by atoms with van der Waals surface area (Å²) in [4.78, 5) is 22.2. The minimum absolute atomic E-state index is 0.136. The number of halogens is 3. The van der Waals surface area contributed by atoms with Gasteiger partial charge in [-0.15, -0.1) is 0 Å². The van der Waals surface area contributed by atoms with Gasteiger partial charge in [0.1, 0.15) is 0 Å². The van der Waals surface area contributed by atoms with Gasteiger partial charge in [0.25, 0.3) is 5.69 Å². The maximum atomic E-state index is 12.6. The van der Waals surface area contributed by atoms with Crippen molar-refractivity contribution in [2.24, 2.45) is 0 Å². The second kappa shape index (κ2) is 7.20. The standard InChI is InChI=1S/C16H14F3N3O3/c1-10-5-6-13(8-14(10)22(24)25)21-15(23)9-20-12-4-2-3-11(7-12)16(17,18)19/h2-8,20H,9H2,1H3,(H,21,23). The average molecular weight is 353 g/mol. The number of nitro benzene ring substituents is 1. The van der Waals surface area contributed by atoms with Crippen LogP contribution in [0.4, 0.5) is 30.2 Å². The van der Waals surface area contributed by atoms with E-state index >= 15 is 0 Å². The van der Waals surface area contributed by atoms with Gasteiger partial charge in [-0.25, -0.2) is 0 Å². The Kier molecular flexibility index (Phi) is 5.26. The zero-order valence-electron chi connectivity index (χ0n) is 13.1. The molecule has 1 amide bonds. The number of alkyl halides is 3. The zero-order valence-corrected chi connectivity index (χ0v) is 13.1. The molecule has 2 aromatic rings. The zero-order chi connectivity index (χ0) is 18.6. The number of nitro groups is 1. The number of nitrogens with zero attached hydrogens (tertiary/aromatic N) is 1. The third-order valence-electron chi connectivity index (χ3n) is 3.33. The molecule has 0 bridgehead atoms. The molecule has 2 aromatic carbocycles. The first-order chi connectivity index (χ1) is 11.7. The minimum atomic E-state index is -4.47. The van der Waals surface area contributed by atoms with E-state index in [1.165, 1.54) is 30.3 Å². The summed E-state index contributed by atoms with van der Waals surface area (Å²) < 4.78 is 37.9. The molecule has 25 heavy (non-hydrogen) atoms. The maximum absolute atomic E-state index is 12.6. The molecule has 0 aliphatic carbocycles. The van der Waals surface area contributed by atoms with Crippen LogP contribution in [-0.4, -0.2) is 17.4 Å². The smallest absolute Gasteiger partial charge is 0.376 e. The molecule has 0 radical (unpaired) electrons. The van der Waals surface area contributed by atoms with Crippen molar-refractivity contribution in [3.63, 3.8) is 0 Å². The molecule has 0 saturated heterocycles. The number of rotatable bonds is 5.